The molecular weight excluding hydrogens is 384 g/mol. The largest absolute Gasteiger partial charge is 0.409 e. The van der Waals surface area contributed by atoms with Gasteiger partial charge in [0.05, 0.1) is 12.4 Å². The predicted octanol–water partition coefficient (Wildman–Crippen LogP) is 3.91. The number of nitrogens with zero attached hydrogens (tertiary/aromatic N) is 2. The minimum Gasteiger partial charge on any atom is -0.409 e. The van der Waals surface area contributed by atoms with Crippen LogP contribution in [0.1, 0.15) is 0 Å². The van der Waals surface area contributed by atoms with Gasteiger partial charge in [-0.15, -0.1) is 0 Å². The van der Waals surface area contributed by atoms with Crippen molar-refractivity contribution in [3.05, 3.63) is 0 Å². The van der Waals surface area contributed by atoms with Crippen molar-refractivity contribution >= 4 is 37.4 Å². The predicted molar refractivity (Wildman–Crippen MR) is 116 cm³/mol. The monoisotopic (exact) mass is 422 g/mol. The first-order valence-electron chi connectivity index (χ1n) is 8.85. The Balaban J connectivity index is 5.97. The van der Waals surface area contributed by atoms with Crippen molar-refractivity contribution in [1.82, 2.24) is 0 Å². The molecule has 0 saturated carbocycles. The van der Waals surface area contributed by atoms with E-state index in [2.05, 4.69) is 69.2 Å². The van der Waals surface area contributed by atoms with Crippen LogP contribution in [0.4, 0.5) is 0 Å². The minimum atomic E-state index is -1.91. The van der Waals surface area contributed by atoms with E-state index in [9.17, 15) is 0 Å². The highest BCUT2D eigenvalue weighted by Crippen LogP contribution is 2.22. The quantitative estimate of drug-likeness (QED) is 0.271. The van der Waals surface area contributed by atoms with E-state index in [1.165, 1.54) is 14.2 Å². The van der Waals surface area contributed by atoms with Crippen molar-refractivity contribution in [3.63, 3.8) is 0 Å². The van der Waals surface area contributed by atoms with Crippen LogP contribution in [0.3, 0.4) is 0 Å². The number of oxime groups is 2. The molecule has 0 spiro atoms. The molecule has 0 aromatic rings. The maximum atomic E-state index is 6.49. The summed E-state index contributed by atoms with van der Waals surface area (Å²) in [5.74, 6) is 0. The lowest BCUT2D eigenvalue weighted by molar-refractivity contribution is 0.0216. The molecule has 26 heavy (non-hydrogen) atoms. The molecule has 0 aliphatic heterocycles. The zero-order chi connectivity index (χ0) is 20.6. The minimum absolute atomic E-state index is 0.391. The van der Waals surface area contributed by atoms with Crippen LogP contribution in [-0.2, 0) is 23.0 Å². The average molecular weight is 423 g/mol. The van der Waals surface area contributed by atoms with Crippen molar-refractivity contribution in [1.29, 1.82) is 0 Å². The van der Waals surface area contributed by atoms with Crippen molar-refractivity contribution in [2.45, 2.75) is 77.2 Å². The van der Waals surface area contributed by atoms with E-state index >= 15 is 0 Å². The molecule has 7 nitrogen and oxygen atoms in total. The summed E-state index contributed by atoms with van der Waals surface area (Å²) in [6.07, 6.45) is 2.11. The van der Waals surface area contributed by atoms with Crippen LogP contribution in [-0.4, -0.2) is 69.9 Å². The summed E-state index contributed by atoms with van der Waals surface area (Å²) in [5, 5.41) is 7.91. The van der Waals surface area contributed by atoms with Gasteiger partial charge in [0.2, 0.25) is 0 Å². The molecule has 0 N–H and O–H groups in total. The van der Waals surface area contributed by atoms with Gasteiger partial charge >= 0.3 is 0 Å². The molecule has 0 aromatic heterocycles. The topological polar surface area (TPSA) is 70.9 Å². The van der Waals surface area contributed by atoms with Gasteiger partial charge in [-0.1, -0.05) is 10.3 Å². The molecule has 2 unspecified atom stereocenters. The molecule has 0 radical (unpaired) electrons. The molecule has 0 aromatic carbocycles. The third-order valence-corrected chi connectivity index (χ3v) is 5.68. The highest BCUT2D eigenvalue weighted by Gasteiger charge is 2.38. The van der Waals surface area contributed by atoms with Crippen molar-refractivity contribution in [2.24, 2.45) is 10.3 Å². The molecule has 0 fully saturated rings. The van der Waals surface area contributed by atoms with E-state index in [1.807, 2.05) is 0 Å². The molecule has 0 bridgehead atoms. The second-order valence-corrected chi connectivity index (χ2v) is 22.3. The van der Waals surface area contributed by atoms with Gasteiger partial charge in [-0.3, -0.25) is 0 Å². The zero-order valence-corrected chi connectivity index (χ0v) is 21.3. The molecule has 0 rings (SSSR count). The Hall–Kier alpha value is -0.529. The molecule has 10 heteroatoms. The Morgan fingerprint density at radius 3 is 1.12 bits per heavy atom. The van der Waals surface area contributed by atoms with Crippen molar-refractivity contribution < 1.29 is 23.0 Å². The van der Waals surface area contributed by atoms with E-state index < -0.39 is 43.3 Å². The van der Waals surface area contributed by atoms with Gasteiger partial charge in [0, 0.05) is 0 Å². The maximum Gasteiger partial charge on any atom is 0.184 e. The second-order valence-electron chi connectivity index (χ2n) is 8.96. The summed E-state index contributed by atoms with van der Waals surface area (Å²) in [5.41, 5.74) is 0. The van der Waals surface area contributed by atoms with Gasteiger partial charge in [0.1, 0.15) is 32.5 Å². The van der Waals surface area contributed by atoms with Gasteiger partial charge in [-0.25, -0.2) is 0 Å². The Morgan fingerprint density at radius 1 is 0.577 bits per heavy atom. The zero-order valence-electron chi connectivity index (χ0n) is 18.3. The molecule has 2 atom stereocenters. The first kappa shape index (κ1) is 25.5. The summed E-state index contributed by atoms with van der Waals surface area (Å²) in [6, 6.07) is 0. The highest BCUT2D eigenvalue weighted by atomic mass is 28.4. The van der Waals surface area contributed by atoms with Gasteiger partial charge in [0.25, 0.3) is 0 Å². The third kappa shape index (κ3) is 12.8. The average Bonchev–Trinajstić information content (AvgIpc) is 2.42. The first-order chi connectivity index (χ1) is 11.7. The summed E-state index contributed by atoms with van der Waals surface area (Å²) in [6.45, 7) is 19.2. The number of rotatable bonds is 12. The van der Waals surface area contributed by atoms with E-state index in [4.69, 9.17) is 23.0 Å². The Labute approximate surface area is 162 Å². The van der Waals surface area contributed by atoms with Crippen LogP contribution < -0.4 is 0 Å². The smallest absolute Gasteiger partial charge is 0.184 e. The van der Waals surface area contributed by atoms with Gasteiger partial charge in [0.15, 0.2) is 25.0 Å². The van der Waals surface area contributed by atoms with Crippen molar-refractivity contribution in [2.75, 3.05) is 14.2 Å². The lowest BCUT2D eigenvalue weighted by Crippen LogP contribution is -2.54. The second kappa shape index (κ2) is 10.7. The first-order valence-corrected chi connectivity index (χ1v) is 19.1. The van der Waals surface area contributed by atoms with Crippen LogP contribution in [0, 0.1) is 0 Å². The van der Waals surface area contributed by atoms with Gasteiger partial charge in [-0.05, 0) is 58.9 Å². The van der Waals surface area contributed by atoms with E-state index in [-0.39, 0.29) is 0 Å². The van der Waals surface area contributed by atoms with Crippen molar-refractivity contribution in [3.8, 4) is 0 Å². The van der Waals surface area contributed by atoms with E-state index in [0.717, 1.165) is 0 Å². The summed E-state index contributed by atoms with van der Waals surface area (Å²) in [4.78, 5) is 9.80. The van der Waals surface area contributed by atoms with Gasteiger partial charge < -0.3 is 23.0 Å². The van der Waals surface area contributed by atoms with Gasteiger partial charge in [-0.2, -0.15) is 0 Å². The SMILES string of the molecule is CO/N=C/C(O[Si](C)(C)C)C(O[Si](C)(C)C)C(/C=N/OC)O[Si](C)(C)C. The molecular formula is C16H38N2O5Si3. The Bertz CT molecular complexity index is 422. The molecule has 0 heterocycles. The fourth-order valence-corrected chi connectivity index (χ4v) is 5.26. The van der Waals surface area contributed by atoms with Crippen LogP contribution in [0.15, 0.2) is 10.3 Å². The Kier molecular flexibility index (Phi) is 10.5. The number of hydrogen-bond acceptors (Lipinski definition) is 7. The molecule has 154 valence electrons. The standard InChI is InChI=1S/C16H38N2O5Si3/c1-19-17-12-14(21-24(3,4)5)16(23-26(9,10)11)15(13-18-20-2)22-25(6,7)8/h12-16H,1-11H3/b17-12+,18-13+. The summed E-state index contributed by atoms with van der Waals surface area (Å²) < 4.78 is 19.2. The highest BCUT2D eigenvalue weighted by molar-refractivity contribution is 6.71. The molecule has 0 saturated heterocycles. The third-order valence-electron chi connectivity index (χ3n) is 2.74. The lowest BCUT2D eigenvalue weighted by Gasteiger charge is -2.39. The van der Waals surface area contributed by atoms with Crippen LogP contribution in [0.2, 0.25) is 58.9 Å². The van der Waals surface area contributed by atoms with E-state index in [1.54, 1.807) is 12.4 Å². The van der Waals surface area contributed by atoms with Crippen LogP contribution in [0.5, 0.6) is 0 Å². The normalized spacial score (nSPS) is 17.5. The maximum absolute atomic E-state index is 6.49. The molecule has 0 aliphatic carbocycles. The summed E-state index contributed by atoms with van der Waals surface area (Å²) in [7, 11) is -2.63. The fraction of sp³-hybridized carbons (Fsp3) is 0.875. The summed E-state index contributed by atoms with van der Waals surface area (Å²) >= 11 is 0. The lowest BCUT2D eigenvalue weighted by atomic mass is 10.1. The molecule has 0 aliphatic rings. The number of hydrogen-bond donors (Lipinski definition) is 0. The van der Waals surface area contributed by atoms with Crippen LogP contribution in [0.25, 0.3) is 0 Å². The Morgan fingerprint density at radius 2 is 0.885 bits per heavy atom. The fourth-order valence-electron chi connectivity index (χ4n) is 2.15. The van der Waals surface area contributed by atoms with E-state index in [0.29, 0.717) is 0 Å². The molecule has 0 amide bonds. The van der Waals surface area contributed by atoms with Crippen LogP contribution >= 0.6 is 0 Å².